The van der Waals surface area contributed by atoms with Crippen LogP contribution in [0.15, 0.2) is 49.1 Å². The highest BCUT2D eigenvalue weighted by Gasteiger charge is 2.35. The highest BCUT2D eigenvalue weighted by atomic mass is 35.5. The Labute approximate surface area is 134 Å². The summed E-state index contributed by atoms with van der Waals surface area (Å²) in [4.78, 5) is 24.9. The second-order valence-corrected chi connectivity index (χ2v) is 5.64. The minimum absolute atomic E-state index is 0.0486. The molecule has 1 aromatic rings. The lowest BCUT2D eigenvalue weighted by atomic mass is 10.0. The lowest BCUT2D eigenvalue weighted by Gasteiger charge is -2.29. The molecule has 0 bridgehead atoms. The molecule has 116 valence electrons. The Kier molecular flexibility index (Phi) is 5.39. The molecule has 5 heteroatoms. The molecule has 0 aromatic heterocycles. The second kappa shape index (κ2) is 7.27. The van der Waals surface area contributed by atoms with Crippen molar-refractivity contribution < 1.29 is 14.7 Å². The van der Waals surface area contributed by atoms with Gasteiger partial charge in [-0.3, -0.25) is 4.79 Å². The van der Waals surface area contributed by atoms with Crippen LogP contribution in [-0.4, -0.2) is 27.9 Å². The Bertz CT molecular complexity index is 594. The predicted molar refractivity (Wildman–Crippen MR) is 85.7 cm³/mol. The van der Waals surface area contributed by atoms with E-state index in [1.54, 1.807) is 29.2 Å². The topological polar surface area (TPSA) is 57.6 Å². The van der Waals surface area contributed by atoms with E-state index in [4.69, 9.17) is 16.7 Å². The fraction of sp³-hybridized carbons (Fsp3) is 0.294. The first-order valence-electron chi connectivity index (χ1n) is 7.11. The van der Waals surface area contributed by atoms with Crippen molar-refractivity contribution >= 4 is 23.5 Å². The lowest BCUT2D eigenvalue weighted by molar-refractivity contribution is -0.133. The molecule has 0 unspecified atom stereocenters. The van der Waals surface area contributed by atoms with E-state index in [1.807, 2.05) is 12.1 Å². The van der Waals surface area contributed by atoms with Gasteiger partial charge in [0.2, 0.25) is 5.91 Å². The Morgan fingerprint density at radius 3 is 2.59 bits per heavy atom. The van der Waals surface area contributed by atoms with Gasteiger partial charge in [-0.1, -0.05) is 35.9 Å². The van der Waals surface area contributed by atoms with E-state index in [9.17, 15) is 9.59 Å². The van der Waals surface area contributed by atoms with E-state index < -0.39 is 5.97 Å². The molecule has 1 heterocycles. The van der Waals surface area contributed by atoms with Gasteiger partial charge in [-0.15, -0.1) is 6.58 Å². The van der Waals surface area contributed by atoms with Crippen LogP contribution in [-0.2, 0) is 9.59 Å². The number of benzene rings is 1. The molecule has 2 rings (SSSR count). The molecule has 22 heavy (non-hydrogen) atoms. The number of hydrogen-bond acceptors (Lipinski definition) is 2. The number of rotatable bonds is 5. The molecule has 1 aliphatic heterocycles. The number of carboxylic acids is 1. The minimum Gasteiger partial charge on any atom is -0.478 e. The third-order valence-electron chi connectivity index (χ3n) is 3.75. The van der Waals surface area contributed by atoms with E-state index in [0.717, 1.165) is 24.5 Å². The maximum atomic E-state index is 12.4. The van der Waals surface area contributed by atoms with Crippen LogP contribution in [0.4, 0.5) is 0 Å². The van der Waals surface area contributed by atoms with Gasteiger partial charge in [0.15, 0.2) is 0 Å². The van der Waals surface area contributed by atoms with Crippen LogP contribution in [0.1, 0.15) is 30.9 Å². The lowest BCUT2D eigenvalue weighted by Crippen LogP contribution is -2.36. The standard InChI is InChI=1S/C17H18ClNO3/c1-2-3-16(20)19-14(9-11-17(21)22)8-10-15(19)12-4-6-13(18)7-5-12/h2,4-7,9,11,14-15H,1,3,8,10H2,(H,21,22)/b11-9+/t14-,15+/m1/s1. The van der Waals surface area contributed by atoms with Crippen LogP contribution in [0.25, 0.3) is 0 Å². The summed E-state index contributed by atoms with van der Waals surface area (Å²) in [5, 5.41) is 9.44. The summed E-state index contributed by atoms with van der Waals surface area (Å²) in [6.07, 6.45) is 6.01. The fourth-order valence-corrected chi connectivity index (χ4v) is 2.95. The van der Waals surface area contributed by atoms with Gasteiger partial charge in [0.05, 0.1) is 12.1 Å². The van der Waals surface area contributed by atoms with Gasteiger partial charge in [-0.2, -0.15) is 0 Å². The zero-order valence-electron chi connectivity index (χ0n) is 12.1. The van der Waals surface area contributed by atoms with Crippen LogP contribution in [0.3, 0.4) is 0 Å². The predicted octanol–water partition coefficient (Wildman–Crippen LogP) is 3.59. The molecule has 1 fully saturated rings. The molecule has 2 atom stereocenters. The highest BCUT2D eigenvalue weighted by Crippen LogP contribution is 2.37. The van der Waals surface area contributed by atoms with Gasteiger partial charge < -0.3 is 10.0 Å². The van der Waals surface area contributed by atoms with Gasteiger partial charge in [0.1, 0.15) is 0 Å². The molecule has 1 amide bonds. The first-order chi connectivity index (χ1) is 10.5. The summed E-state index contributed by atoms with van der Waals surface area (Å²) >= 11 is 5.91. The van der Waals surface area contributed by atoms with Gasteiger partial charge >= 0.3 is 5.97 Å². The van der Waals surface area contributed by atoms with Crippen molar-refractivity contribution in [2.75, 3.05) is 0 Å². The quantitative estimate of drug-likeness (QED) is 0.666. The fourth-order valence-electron chi connectivity index (χ4n) is 2.82. The number of amides is 1. The van der Waals surface area contributed by atoms with E-state index in [-0.39, 0.29) is 24.4 Å². The summed E-state index contributed by atoms with van der Waals surface area (Å²) in [6.45, 7) is 3.60. The first kappa shape index (κ1) is 16.3. The third-order valence-corrected chi connectivity index (χ3v) is 4.00. The largest absolute Gasteiger partial charge is 0.478 e. The average molecular weight is 320 g/mol. The molecule has 1 aliphatic rings. The monoisotopic (exact) mass is 319 g/mol. The zero-order valence-corrected chi connectivity index (χ0v) is 12.9. The summed E-state index contributed by atoms with van der Waals surface area (Å²) < 4.78 is 0. The number of carbonyl (C=O) groups is 2. The SMILES string of the molecule is C=CCC(=O)N1[C@@H](/C=C/C(=O)O)CC[C@H]1c1ccc(Cl)cc1. The number of likely N-dealkylation sites (tertiary alicyclic amines) is 1. The van der Waals surface area contributed by atoms with Gasteiger partial charge in [-0.05, 0) is 30.5 Å². The molecule has 1 saturated heterocycles. The van der Waals surface area contributed by atoms with Crippen LogP contribution in [0.5, 0.6) is 0 Å². The van der Waals surface area contributed by atoms with E-state index in [2.05, 4.69) is 6.58 Å². The number of halogens is 1. The van der Waals surface area contributed by atoms with E-state index >= 15 is 0 Å². The number of carboxylic acid groups (broad SMARTS) is 1. The van der Waals surface area contributed by atoms with E-state index in [1.165, 1.54) is 0 Å². The number of carbonyl (C=O) groups excluding carboxylic acids is 1. The Balaban J connectivity index is 2.28. The van der Waals surface area contributed by atoms with Crippen molar-refractivity contribution in [1.82, 2.24) is 4.90 Å². The normalized spacial score (nSPS) is 21.2. The van der Waals surface area contributed by atoms with E-state index in [0.29, 0.717) is 5.02 Å². The molecule has 1 N–H and O–H groups in total. The highest BCUT2D eigenvalue weighted by molar-refractivity contribution is 6.30. The molecule has 0 saturated carbocycles. The Morgan fingerprint density at radius 1 is 1.32 bits per heavy atom. The first-order valence-corrected chi connectivity index (χ1v) is 7.49. The van der Waals surface area contributed by atoms with Crippen LogP contribution in [0.2, 0.25) is 5.02 Å². The molecular weight excluding hydrogens is 302 g/mol. The molecule has 1 aromatic carbocycles. The van der Waals surface area contributed by atoms with Crippen LogP contribution in [0, 0.1) is 0 Å². The second-order valence-electron chi connectivity index (χ2n) is 5.20. The maximum Gasteiger partial charge on any atom is 0.328 e. The van der Waals surface area contributed by atoms with Crippen LogP contribution < -0.4 is 0 Å². The molecule has 0 spiro atoms. The molecule has 4 nitrogen and oxygen atoms in total. The average Bonchev–Trinajstić information content (AvgIpc) is 2.90. The van der Waals surface area contributed by atoms with Crippen molar-refractivity contribution in [3.05, 3.63) is 59.7 Å². The third kappa shape index (κ3) is 3.77. The van der Waals surface area contributed by atoms with Crippen molar-refractivity contribution in [1.29, 1.82) is 0 Å². The van der Waals surface area contributed by atoms with Gasteiger partial charge in [0.25, 0.3) is 0 Å². The van der Waals surface area contributed by atoms with Crippen LogP contribution >= 0.6 is 11.6 Å². The van der Waals surface area contributed by atoms with Crippen molar-refractivity contribution in [2.45, 2.75) is 31.3 Å². The summed E-state index contributed by atoms with van der Waals surface area (Å²) in [7, 11) is 0. The summed E-state index contributed by atoms with van der Waals surface area (Å²) in [5.41, 5.74) is 1.01. The summed E-state index contributed by atoms with van der Waals surface area (Å²) in [5.74, 6) is -1.06. The zero-order chi connectivity index (χ0) is 16.1. The number of hydrogen-bond donors (Lipinski definition) is 1. The number of nitrogens with zero attached hydrogens (tertiary/aromatic N) is 1. The molecule has 0 radical (unpaired) electrons. The van der Waals surface area contributed by atoms with Gasteiger partial charge in [0, 0.05) is 17.5 Å². The Morgan fingerprint density at radius 2 is 2.00 bits per heavy atom. The smallest absolute Gasteiger partial charge is 0.328 e. The molecular formula is C17H18ClNO3. The summed E-state index contributed by atoms with van der Waals surface area (Å²) in [6, 6.07) is 7.15. The van der Waals surface area contributed by atoms with Crippen molar-refractivity contribution in [2.24, 2.45) is 0 Å². The number of aliphatic carboxylic acids is 1. The van der Waals surface area contributed by atoms with Gasteiger partial charge in [-0.25, -0.2) is 4.79 Å². The maximum absolute atomic E-state index is 12.4. The van der Waals surface area contributed by atoms with Crippen molar-refractivity contribution in [3.63, 3.8) is 0 Å². The molecule has 0 aliphatic carbocycles. The van der Waals surface area contributed by atoms with Crippen molar-refractivity contribution in [3.8, 4) is 0 Å². The minimum atomic E-state index is -1.01. The Hall–Kier alpha value is -2.07.